The first-order valence-electron chi connectivity index (χ1n) is 9.39. The molecular weight excluding hydrogens is 387 g/mol. The largest absolute Gasteiger partial charge is 0.324 e. The Morgan fingerprint density at radius 2 is 1.86 bits per heavy atom. The molecule has 29 heavy (non-hydrogen) atoms. The van der Waals surface area contributed by atoms with E-state index in [0.29, 0.717) is 18.8 Å². The van der Waals surface area contributed by atoms with Crippen LogP contribution >= 0.6 is 0 Å². The highest BCUT2D eigenvalue weighted by Gasteiger charge is 2.57. The number of piperidine rings is 1. The third-order valence-corrected chi connectivity index (χ3v) is 5.80. The number of anilines is 1. The molecule has 1 aromatic carbocycles. The molecule has 1 saturated carbocycles. The van der Waals surface area contributed by atoms with Crippen LogP contribution in [-0.2, 0) is 4.79 Å². The Morgan fingerprint density at radius 1 is 1.21 bits per heavy atom. The van der Waals surface area contributed by atoms with Gasteiger partial charge in [0, 0.05) is 31.2 Å². The van der Waals surface area contributed by atoms with Crippen LogP contribution < -0.4 is 10.6 Å². The van der Waals surface area contributed by atoms with Gasteiger partial charge in [0.1, 0.15) is 11.9 Å². The maximum absolute atomic E-state index is 13.5. The van der Waals surface area contributed by atoms with Gasteiger partial charge in [0.25, 0.3) is 5.92 Å². The van der Waals surface area contributed by atoms with E-state index in [0.717, 1.165) is 4.90 Å². The summed E-state index contributed by atoms with van der Waals surface area (Å²) in [7, 11) is 0. The zero-order chi connectivity index (χ0) is 20.8. The number of halogens is 3. The standard InChI is InChI=1S/C19H20F3N5O2/c20-11-1-3-12(4-2-11)25-18(29)26-8-14-15(9-26)17(14)24-7-16(28)27-10-19(21,22)5-13(27)6-23/h1-4,13-15,17,24H,5,7-10H2,(H,25,29). The van der Waals surface area contributed by atoms with Crippen molar-refractivity contribution >= 4 is 17.6 Å². The van der Waals surface area contributed by atoms with Crippen molar-refractivity contribution in [2.75, 3.05) is 31.5 Å². The Kier molecular flexibility index (Phi) is 4.86. The Hall–Kier alpha value is -2.80. The Balaban J connectivity index is 1.22. The molecule has 0 spiro atoms. The SMILES string of the molecule is N#CC1CC(F)(F)CN1C(=O)CNC1C2CN(C(=O)Nc3ccc(F)cc3)CC21. The van der Waals surface area contributed by atoms with Gasteiger partial charge in [-0.15, -0.1) is 0 Å². The molecule has 3 amide bonds. The topological polar surface area (TPSA) is 88.5 Å². The number of urea groups is 1. The van der Waals surface area contributed by atoms with Crippen LogP contribution in [0.1, 0.15) is 6.42 Å². The minimum atomic E-state index is -3.02. The monoisotopic (exact) mass is 407 g/mol. The molecule has 2 heterocycles. The zero-order valence-corrected chi connectivity index (χ0v) is 15.4. The molecule has 2 saturated heterocycles. The third-order valence-electron chi connectivity index (χ3n) is 5.80. The number of nitrogens with one attached hydrogen (secondary N) is 2. The fraction of sp³-hybridized carbons (Fsp3) is 0.526. The molecule has 3 fully saturated rings. The summed E-state index contributed by atoms with van der Waals surface area (Å²) in [6.07, 6.45) is -0.623. The van der Waals surface area contributed by atoms with Gasteiger partial charge in [-0.1, -0.05) is 0 Å². The first kappa shape index (κ1) is 19.5. The lowest BCUT2D eigenvalue weighted by molar-refractivity contribution is -0.131. The maximum Gasteiger partial charge on any atom is 0.321 e. The predicted octanol–water partition coefficient (Wildman–Crippen LogP) is 1.64. The molecule has 0 bridgehead atoms. The average Bonchev–Trinajstić information content (AvgIpc) is 3.01. The summed E-state index contributed by atoms with van der Waals surface area (Å²) in [5.74, 6) is -3.51. The minimum absolute atomic E-state index is 0.0532. The van der Waals surface area contributed by atoms with Gasteiger partial charge in [0.15, 0.2) is 0 Å². The van der Waals surface area contributed by atoms with E-state index in [4.69, 9.17) is 5.26 Å². The second-order valence-electron chi connectivity index (χ2n) is 7.80. The molecular formula is C19H20F3N5O2. The molecule has 10 heteroatoms. The number of fused-ring (bicyclic) bond motifs is 1. The van der Waals surface area contributed by atoms with Gasteiger partial charge in [0.2, 0.25) is 5.91 Å². The van der Waals surface area contributed by atoms with E-state index in [1.807, 2.05) is 0 Å². The van der Waals surface area contributed by atoms with Crippen molar-refractivity contribution in [3.8, 4) is 6.07 Å². The zero-order valence-electron chi connectivity index (χ0n) is 15.4. The number of nitriles is 1. The van der Waals surface area contributed by atoms with Crippen LogP contribution in [0, 0.1) is 29.0 Å². The molecule has 4 rings (SSSR count). The number of likely N-dealkylation sites (tertiary alicyclic amines) is 2. The van der Waals surface area contributed by atoms with Crippen molar-refractivity contribution in [3.63, 3.8) is 0 Å². The molecule has 3 unspecified atom stereocenters. The van der Waals surface area contributed by atoms with Crippen molar-refractivity contribution in [2.24, 2.45) is 11.8 Å². The quantitative estimate of drug-likeness (QED) is 0.794. The smallest absolute Gasteiger partial charge is 0.321 e. The number of carbonyl (C=O) groups excluding carboxylic acids is 2. The van der Waals surface area contributed by atoms with Crippen LogP contribution in [0.3, 0.4) is 0 Å². The summed E-state index contributed by atoms with van der Waals surface area (Å²) < 4.78 is 39.8. The van der Waals surface area contributed by atoms with E-state index in [9.17, 15) is 22.8 Å². The Morgan fingerprint density at radius 3 is 2.48 bits per heavy atom. The predicted molar refractivity (Wildman–Crippen MR) is 96.4 cm³/mol. The maximum atomic E-state index is 13.5. The van der Waals surface area contributed by atoms with Crippen LogP contribution in [0.2, 0.25) is 0 Å². The number of hydrogen-bond acceptors (Lipinski definition) is 4. The fourth-order valence-corrected chi connectivity index (χ4v) is 4.23. The number of carbonyl (C=O) groups is 2. The van der Waals surface area contributed by atoms with E-state index in [-0.39, 0.29) is 36.3 Å². The molecule has 3 atom stereocenters. The highest BCUT2D eigenvalue weighted by molar-refractivity contribution is 5.89. The molecule has 2 aliphatic heterocycles. The molecule has 0 radical (unpaired) electrons. The van der Waals surface area contributed by atoms with Crippen molar-refractivity contribution < 1.29 is 22.8 Å². The lowest BCUT2D eigenvalue weighted by Gasteiger charge is -2.22. The number of benzene rings is 1. The number of alkyl halides is 2. The van der Waals surface area contributed by atoms with Gasteiger partial charge >= 0.3 is 6.03 Å². The number of nitrogens with zero attached hydrogens (tertiary/aromatic N) is 3. The molecule has 0 aromatic heterocycles. The lowest BCUT2D eigenvalue weighted by atomic mass is 10.2. The van der Waals surface area contributed by atoms with Crippen LogP contribution in [-0.4, -0.2) is 65.9 Å². The van der Waals surface area contributed by atoms with Gasteiger partial charge in [-0.25, -0.2) is 18.0 Å². The normalized spacial score (nSPS) is 29.3. The molecule has 1 aromatic rings. The van der Waals surface area contributed by atoms with Crippen molar-refractivity contribution in [2.45, 2.75) is 24.4 Å². The number of rotatable bonds is 4. The van der Waals surface area contributed by atoms with Gasteiger partial charge < -0.3 is 20.4 Å². The van der Waals surface area contributed by atoms with Crippen molar-refractivity contribution in [1.82, 2.24) is 15.1 Å². The van der Waals surface area contributed by atoms with Gasteiger partial charge in [-0.2, -0.15) is 5.26 Å². The Labute approximate surface area is 165 Å². The molecule has 3 aliphatic rings. The average molecular weight is 407 g/mol. The molecule has 2 N–H and O–H groups in total. The molecule has 154 valence electrons. The summed E-state index contributed by atoms with van der Waals surface area (Å²) >= 11 is 0. The lowest BCUT2D eigenvalue weighted by Crippen LogP contribution is -2.44. The van der Waals surface area contributed by atoms with Crippen LogP contribution in [0.4, 0.5) is 23.7 Å². The fourth-order valence-electron chi connectivity index (χ4n) is 4.23. The van der Waals surface area contributed by atoms with Gasteiger partial charge in [-0.05, 0) is 36.1 Å². The highest BCUT2D eigenvalue weighted by atomic mass is 19.3. The van der Waals surface area contributed by atoms with Crippen molar-refractivity contribution in [1.29, 1.82) is 5.26 Å². The summed E-state index contributed by atoms with van der Waals surface area (Å²) in [5, 5.41) is 14.8. The van der Waals surface area contributed by atoms with Crippen LogP contribution in [0.15, 0.2) is 24.3 Å². The highest BCUT2D eigenvalue weighted by Crippen LogP contribution is 2.45. The van der Waals surface area contributed by atoms with Crippen LogP contribution in [0.5, 0.6) is 0 Å². The summed E-state index contributed by atoms with van der Waals surface area (Å²) in [4.78, 5) is 27.1. The first-order chi connectivity index (χ1) is 13.8. The first-order valence-corrected chi connectivity index (χ1v) is 9.39. The van der Waals surface area contributed by atoms with E-state index < -0.39 is 30.8 Å². The van der Waals surface area contributed by atoms with Crippen LogP contribution in [0.25, 0.3) is 0 Å². The minimum Gasteiger partial charge on any atom is -0.324 e. The molecule has 7 nitrogen and oxygen atoms in total. The third kappa shape index (κ3) is 4.00. The van der Waals surface area contributed by atoms with E-state index in [1.54, 1.807) is 11.0 Å². The van der Waals surface area contributed by atoms with Gasteiger partial charge in [0.05, 0.1) is 19.2 Å². The van der Waals surface area contributed by atoms with E-state index in [1.165, 1.54) is 24.3 Å². The van der Waals surface area contributed by atoms with Gasteiger partial charge in [-0.3, -0.25) is 4.79 Å². The van der Waals surface area contributed by atoms with E-state index in [2.05, 4.69) is 10.6 Å². The van der Waals surface area contributed by atoms with E-state index >= 15 is 0 Å². The second kappa shape index (κ2) is 7.22. The number of amides is 3. The Bertz CT molecular complexity index is 844. The molecule has 1 aliphatic carbocycles. The summed E-state index contributed by atoms with van der Waals surface area (Å²) in [6.45, 7) is 0.215. The summed E-state index contributed by atoms with van der Waals surface area (Å²) in [6, 6.07) is 5.95. The number of hydrogen-bond donors (Lipinski definition) is 2. The summed E-state index contributed by atoms with van der Waals surface area (Å²) in [5.41, 5.74) is 0.506. The second-order valence-corrected chi connectivity index (χ2v) is 7.80. The van der Waals surface area contributed by atoms with Crippen molar-refractivity contribution in [3.05, 3.63) is 30.1 Å².